The molecule has 0 bridgehead atoms. The van der Waals surface area contributed by atoms with Gasteiger partial charge in [-0.15, -0.1) is 0 Å². The molecule has 1 aromatic heterocycles. The molecule has 0 atom stereocenters. The number of alkyl carbamates (subject to hydrolysis) is 1. The second-order valence-electron chi connectivity index (χ2n) is 4.79. The van der Waals surface area contributed by atoms with Gasteiger partial charge in [0.2, 0.25) is 0 Å². The number of benzene rings is 1. The number of hydrogen-bond donors (Lipinski definition) is 1. The quantitative estimate of drug-likeness (QED) is 0.896. The van der Waals surface area contributed by atoms with Crippen LogP contribution in [0.15, 0.2) is 54.6 Å². The average Bonchev–Trinajstić information content (AvgIpc) is 2.57. The molecule has 2 rings (SSSR count). The Morgan fingerprint density at radius 2 is 1.88 bits per heavy atom. The molecule has 0 unspecified atom stereocenters. The van der Waals surface area contributed by atoms with Gasteiger partial charge in [-0.25, -0.2) is 9.78 Å². The summed E-state index contributed by atoms with van der Waals surface area (Å²) in [6.07, 6.45) is -2.21. The minimum Gasteiger partial charge on any atom is -0.445 e. The summed E-state index contributed by atoms with van der Waals surface area (Å²) in [6, 6.07) is 12.8. The van der Waals surface area contributed by atoms with Crippen molar-refractivity contribution in [1.82, 2.24) is 10.3 Å². The van der Waals surface area contributed by atoms with E-state index in [1.54, 1.807) is 0 Å². The Kier molecular flexibility index (Phi) is 5.95. The number of nitrogens with one attached hydrogen (secondary N) is 1. The molecular weight excluding hydrogens is 321 g/mol. The zero-order valence-electron chi connectivity index (χ0n) is 12.6. The third kappa shape index (κ3) is 5.75. The van der Waals surface area contributed by atoms with Crippen molar-refractivity contribution in [3.8, 4) is 0 Å². The van der Waals surface area contributed by atoms with Crippen LogP contribution in [0.3, 0.4) is 0 Å². The topological polar surface area (TPSA) is 51.2 Å². The van der Waals surface area contributed by atoms with Crippen LogP contribution in [-0.4, -0.2) is 17.6 Å². The molecule has 0 aliphatic heterocycles. The van der Waals surface area contributed by atoms with Gasteiger partial charge in [0.1, 0.15) is 12.3 Å². The molecule has 7 heteroatoms. The maximum absolute atomic E-state index is 12.5. The second-order valence-corrected chi connectivity index (χ2v) is 4.79. The highest BCUT2D eigenvalue weighted by Crippen LogP contribution is 2.27. The maximum atomic E-state index is 12.5. The standard InChI is InChI=1S/C17H15F3N2O2/c18-17(19,20)15-10-4-8-14(22-15)9-5-11-21-16(23)24-12-13-6-2-1-3-7-13/h1-10H,11-12H2,(H,21,23). The zero-order chi connectivity index (χ0) is 17.4. The molecule has 1 amide bonds. The first kappa shape index (κ1) is 17.5. The number of carbonyl (C=O) groups is 1. The number of carbonyl (C=O) groups excluding carboxylic acids is 1. The lowest BCUT2D eigenvalue weighted by Gasteiger charge is -2.06. The highest BCUT2D eigenvalue weighted by atomic mass is 19.4. The fourth-order valence-corrected chi connectivity index (χ4v) is 1.80. The summed E-state index contributed by atoms with van der Waals surface area (Å²) in [5, 5.41) is 2.47. The van der Waals surface area contributed by atoms with E-state index in [1.807, 2.05) is 30.3 Å². The Labute approximate surface area is 137 Å². The van der Waals surface area contributed by atoms with Gasteiger partial charge in [-0.05, 0) is 23.8 Å². The number of hydrogen-bond acceptors (Lipinski definition) is 3. The minimum absolute atomic E-state index is 0.117. The molecule has 0 saturated heterocycles. The van der Waals surface area contributed by atoms with Crippen LogP contribution in [0.5, 0.6) is 0 Å². The van der Waals surface area contributed by atoms with Crippen LogP contribution in [0.2, 0.25) is 0 Å². The Morgan fingerprint density at radius 1 is 1.12 bits per heavy atom. The van der Waals surface area contributed by atoms with Crippen molar-refractivity contribution in [2.24, 2.45) is 0 Å². The van der Waals surface area contributed by atoms with Gasteiger partial charge in [0, 0.05) is 6.54 Å². The van der Waals surface area contributed by atoms with E-state index in [-0.39, 0.29) is 18.8 Å². The summed E-state index contributed by atoms with van der Waals surface area (Å²) < 4.78 is 42.6. The number of halogens is 3. The summed E-state index contributed by atoms with van der Waals surface area (Å²) in [5.74, 6) is 0. The molecule has 0 fully saturated rings. The van der Waals surface area contributed by atoms with Gasteiger partial charge in [0.25, 0.3) is 0 Å². The van der Waals surface area contributed by atoms with Crippen molar-refractivity contribution < 1.29 is 22.7 Å². The predicted octanol–water partition coefficient (Wildman–Crippen LogP) is 4.04. The van der Waals surface area contributed by atoms with Gasteiger partial charge in [0.05, 0.1) is 5.69 Å². The molecule has 4 nitrogen and oxygen atoms in total. The van der Waals surface area contributed by atoms with Crippen LogP contribution >= 0.6 is 0 Å². The highest BCUT2D eigenvalue weighted by Gasteiger charge is 2.32. The Hall–Kier alpha value is -2.83. The van der Waals surface area contributed by atoms with Crippen LogP contribution in [-0.2, 0) is 17.5 Å². The summed E-state index contributed by atoms with van der Waals surface area (Å²) in [4.78, 5) is 15.0. The zero-order valence-corrected chi connectivity index (χ0v) is 12.6. The lowest BCUT2D eigenvalue weighted by atomic mass is 10.2. The van der Waals surface area contributed by atoms with Gasteiger partial charge in [-0.2, -0.15) is 13.2 Å². The molecule has 1 aromatic carbocycles. The average molecular weight is 336 g/mol. The third-order valence-corrected chi connectivity index (χ3v) is 2.93. The van der Waals surface area contributed by atoms with Crippen molar-refractivity contribution in [1.29, 1.82) is 0 Å². The molecule has 0 aliphatic carbocycles. The first-order chi connectivity index (χ1) is 11.4. The Morgan fingerprint density at radius 3 is 2.58 bits per heavy atom. The largest absolute Gasteiger partial charge is 0.445 e. The number of alkyl halides is 3. The van der Waals surface area contributed by atoms with Gasteiger partial charge >= 0.3 is 12.3 Å². The summed E-state index contributed by atoms with van der Waals surface area (Å²) in [6.45, 7) is 0.261. The molecule has 126 valence electrons. The molecular formula is C17H15F3N2O2. The maximum Gasteiger partial charge on any atom is 0.433 e. The van der Waals surface area contributed by atoms with Crippen molar-refractivity contribution in [3.05, 3.63) is 71.6 Å². The van der Waals surface area contributed by atoms with Gasteiger partial charge in [0.15, 0.2) is 0 Å². The molecule has 2 aromatic rings. The lowest BCUT2D eigenvalue weighted by molar-refractivity contribution is -0.141. The predicted molar refractivity (Wildman–Crippen MR) is 82.9 cm³/mol. The van der Waals surface area contributed by atoms with E-state index >= 15 is 0 Å². The number of pyridine rings is 1. The number of rotatable bonds is 5. The van der Waals surface area contributed by atoms with Crippen LogP contribution < -0.4 is 5.32 Å². The first-order valence-electron chi connectivity index (χ1n) is 7.10. The fraction of sp³-hybridized carbons (Fsp3) is 0.176. The monoisotopic (exact) mass is 336 g/mol. The van der Waals surface area contributed by atoms with Crippen molar-refractivity contribution in [2.45, 2.75) is 12.8 Å². The number of amides is 1. The molecule has 1 N–H and O–H groups in total. The van der Waals surface area contributed by atoms with E-state index < -0.39 is 18.0 Å². The Bertz CT molecular complexity index is 700. The van der Waals surface area contributed by atoms with E-state index in [0.29, 0.717) is 0 Å². The van der Waals surface area contributed by atoms with Crippen LogP contribution in [0.4, 0.5) is 18.0 Å². The normalized spacial score (nSPS) is 11.5. The number of nitrogens with zero attached hydrogens (tertiary/aromatic N) is 1. The van der Waals surface area contributed by atoms with Crippen molar-refractivity contribution in [3.63, 3.8) is 0 Å². The molecule has 0 radical (unpaired) electrons. The van der Waals surface area contributed by atoms with E-state index in [9.17, 15) is 18.0 Å². The SMILES string of the molecule is O=C(NCC=Cc1cccc(C(F)(F)F)n1)OCc1ccccc1. The van der Waals surface area contributed by atoms with Gasteiger partial charge in [-0.3, -0.25) is 0 Å². The van der Waals surface area contributed by atoms with E-state index in [4.69, 9.17) is 4.74 Å². The summed E-state index contributed by atoms with van der Waals surface area (Å²) >= 11 is 0. The third-order valence-electron chi connectivity index (χ3n) is 2.93. The molecule has 24 heavy (non-hydrogen) atoms. The number of ether oxygens (including phenoxy) is 1. The highest BCUT2D eigenvalue weighted by molar-refractivity contribution is 5.67. The lowest BCUT2D eigenvalue weighted by Crippen LogP contribution is -2.24. The van der Waals surface area contributed by atoms with Crippen molar-refractivity contribution in [2.75, 3.05) is 6.54 Å². The summed E-state index contributed by atoms with van der Waals surface area (Å²) in [7, 11) is 0. The summed E-state index contributed by atoms with van der Waals surface area (Å²) in [5.41, 5.74) is 0.0560. The molecule has 0 saturated carbocycles. The molecule has 1 heterocycles. The fourth-order valence-electron chi connectivity index (χ4n) is 1.80. The van der Waals surface area contributed by atoms with E-state index in [1.165, 1.54) is 24.3 Å². The smallest absolute Gasteiger partial charge is 0.433 e. The Balaban J connectivity index is 1.77. The minimum atomic E-state index is -4.48. The molecule has 0 spiro atoms. The molecule has 0 aliphatic rings. The van der Waals surface area contributed by atoms with Gasteiger partial charge < -0.3 is 10.1 Å². The van der Waals surface area contributed by atoms with Crippen LogP contribution in [0, 0.1) is 0 Å². The van der Waals surface area contributed by atoms with Crippen LogP contribution in [0.1, 0.15) is 17.0 Å². The van der Waals surface area contributed by atoms with Crippen molar-refractivity contribution >= 4 is 12.2 Å². The van der Waals surface area contributed by atoms with E-state index in [2.05, 4.69) is 10.3 Å². The number of aromatic nitrogens is 1. The van der Waals surface area contributed by atoms with Gasteiger partial charge in [-0.1, -0.05) is 42.5 Å². The van der Waals surface area contributed by atoms with Crippen LogP contribution in [0.25, 0.3) is 6.08 Å². The second kappa shape index (κ2) is 8.14. The first-order valence-corrected chi connectivity index (χ1v) is 7.10. The van der Waals surface area contributed by atoms with E-state index in [0.717, 1.165) is 11.6 Å².